The van der Waals surface area contributed by atoms with Crippen LogP contribution in [-0.4, -0.2) is 42.1 Å². The van der Waals surface area contributed by atoms with Crippen molar-refractivity contribution >= 4 is 21.6 Å². The van der Waals surface area contributed by atoms with Crippen LogP contribution in [0.1, 0.15) is 11.4 Å². The van der Waals surface area contributed by atoms with Crippen molar-refractivity contribution in [2.24, 2.45) is 0 Å². The molecule has 5 nitrogen and oxygen atoms in total. The molecule has 24 heavy (non-hydrogen) atoms. The first-order chi connectivity index (χ1) is 11.5. The van der Waals surface area contributed by atoms with Crippen LogP contribution in [0, 0.1) is 6.92 Å². The minimum Gasteiger partial charge on any atom is -0.309 e. The number of nitrogens with zero attached hydrogens (tertiary/aromatic N) is 2. The summed E-state index contributed by atoms with van der Waals surface area (Å²) in [5.74, 6) is 0.684. The summed E-state index contributed by atoms with van der Waals surface area (Å²) in [5.41, 5.74) is 3.14. The Balaban J connectivity index is 1.86. The molecule has 6 heteroatoms. The first-order valence-electron chi connectivity index (χ1n) is 7.97. The zero-order valence-electron chi connectivity index (χ0n) is 14.2. The van der Waals surface area contributed by atoms with Crippen LogP contribution in [0.5, 0.6) is 0 Å². The van der Waals surface area contributed by atoms with E-state index >= 15 is 0 Å². The number of hydrogen-bond donors (Lipinski definition) is 2. The van der Waals surface area contributed by atoms with Gasteiger partial charge in [-0.2, -0.15) is 0 Å². The molecule has 0 saturated carbocycles. The minimum atomic E-state index is -0.0683. The minimum absolute atomic E-state index is 0.0683. The molecule has 0 aliphatic carbocycles. The smallest absolute Gasteiger partial charge is 0.260 e. The number of aryl methyl sites for hydroxylation is 1. The molecule has 126 valence electrons. The third-order valence-electron chi connectivity index (χ3n) is 3.88. The normalized spacial score (nSPS) is 11.5. The SMILES string of the molecule is Cc1ccc(-c2csc3nc(CNCCN(C)C)[nH]c(=O)c23)cc1. The molecular formula is C18H22N4OS. The Hall–Kier alpha value is -2.02. The Morgan fingerprint density at radius 3 is 2.71 bits per heavy atom. The standard InChI is InChI=1S/C18H22N4OS/c1-12-4-6-13(7-5-12)14-11-24-18-16(14)17(23)20-15(21-18)10-19-8-9-22(2)3/h4-7,11,19H,8-10H2,1-3H3,(H,20,21,23). The highest BCUT2D eigenvalue weighted by Gasteiger charge is 2.12. The van der Waals surface area contributed by atoms with Gasteiger partial charge in [-0.3, -0.25) is 4.79 Å². The van der Waals surface area contributed by atoms with Gasteiger partial charge in [-0.05, 0) is 26.6 Å². The fourth-order valence-electron chi connectivity index (χ4n) is 2.53. The average Bonchev–Trinajstić information content (AvgIpc) is 2.97. The Kier molecular flexibility index (Phi) is 5.08. The monoisotopic (exact) mass is 342 g/mol. The summed E-state index contributed by atoms with van der Waals surface area (Å²) in [4.78, 5) is 23.0. The molecule has 0 saturated heterocycles. The highest BCUT2D eigenvalue weighted by atomic mass is 32.1. The van der Waals surface area contributed by atoms with E-state index < -0.39 is 0 Å². The van der Waals surface area contributed by atoms with Gasteiger partial charge < -0.3 is 15.2 Å². The Bertz CT molecular complexity index is 880. The number of likely N-dealkylation sites (N-methyl/N-ethyl adjacent to an activating group) is 1. The molecule has 0 radical (unpaired) electrons. The van der Waals surface area contributed by atoms with Crippen molar-refractivity contribution in [2.45, 2.75) is 13.5 Å². The highest BCUT2D eigenvalue weighted by molar-refractivity contribution is 7.17. The van der Waals surface area contributed by atoms with E-state index in [1.54, 1.807) is 0 Å². The van der Waals surface area contributed by atoms with Gasteiger partial charge in [0.1, 0.15) is 10.7 Å². The van der Waals surface area contributed by atoms with Crippen LogP contribution < -0.4 is 10.9 Å². The van der Waals surface area contributed by atoms with E-state index in [0.717, 1.165) is 29.0 Å². The predicted molar refractivity (Wildman–Crippen MR) is 101 cm³/mol. The van der Waals surface area contributed by atoms with E-state index in [4.69, 9.17) is 0 Å². The Morgan fingerprint density at radius 1 is 1.25 bits per heavy atom. The molecule has 1 aromatic carbocycles. The van der Waals surface area contributed by atoms with Crippen molar-refractivity contribution in [3.05, 3.63) is 51.4 Å². The lowest BCUT2D eigenvalue weighted by molar-refractivity contribution is 0.399. The van der Waals surface area contributed by atoms with Crippen molar-refractivity contribution in [1.29, 1.82) is 0 Å². The summed E-state index contributed by atoms with van der Waals surface area (Å²) >= 11 is 1.52. The van der Waals surface area contributed by atoms with Gasteiger partial charge in [0.2, 0.25) is 0 Å². The van der Waals surface area contributed by atoms with Gasteiger partial charge in [-0.15, -0.1) is 11.3 Å². The lowest BCUT2D eigenvalue weighted by atomic mass is 10.1. The number of aromatic nitrogens is 2. The fourth-order valence-corrected chi connectivity index (χ4v) is 3.50. The molecule has 0 aliphatic heterocycles. The van der Waals surface area contributed by atoms with Gasteiger partial charge in [0.25, 0.3) is 5.56 Å². The van der Waals surface area contributed by atoms with Crippen LogP contribution >= 0.6 is 11.3 Å². The first kappa shape index (κ1) is 16.8. The van der Waals surface area contributed by atoms with Gasteiger partial charge in [0, 0.05) is 24.0 Å². The molecule has 0 aliphatic rings. The van der Waals surface area contributed by atoms with E-state index in [1.165, 1.54) is 16.9 Å². The number of benzene rings is 1. The van der Waals surface area contributed by atoms with Crippen molar-refractivity contribution in [2.75, 3.05) is 27.2 Å². The van der Waals surface area contributed by atoms with E-state index in [1.807, 2.05) is 31.6 Å². The van der Waals surface area contributed by atoms with Crippen LogP contribution in [0.15, 0.2) is 34.4 Å². The van der Waals surface area contributed by atoms with E-state index in [-0.39, 0.29) is 5.56 Å². The zero-order chi connectivity index (χ0) is 17.1. The second-order valence-corrected chi connectivity index (χ2v) is 7.05. The van der Waals surface area contributed by atoms with Crippen molar-refractivity contribution in [1.82, 2.24) is 20.2 Å². The molecular weight excluding hydrogens is 320 g/mol. The molecule has 0 fully saturated rings. The number of rotatable bonds is 6. The van der Waals surface area contributed by atoms with E-state index in [9.17, 15) is 4.79 Å². The lowest BCUT2D eigenvalue weighted by Crippen LogP contribution is -2.27. The summed E-state index contributed by atoms with van der Waals surface area (Å²) in [6.45, 7) is 4.42. The highest BCUT2D eigenvalue weighted by Crippen LogP contribution is 2.30. The second-order valence-electron chi connectivity index (χ2n) is 6.19. The van der Waals surface area contributed by atoms with Gasteiger partial charge in [-0.1, -0.05) is 29.8 Å². The molecule has 0 spiro atoms. The van der Waals surface area contributed by atoms with Crippen molar-refractivity contribution in [3.63, 3.8) is 0 Å². The van der Waals surface area contributed by atoms with Crippen LogP contribution in [0.25, 0.3) is 21.3 Å². The molecule has 3 rings (SSSR count). The maximum absolute atomic E-state index is 12.5. The zero-order valence-corrected chi connectivity index (χ0v) is 15.0. The maximum Gasteiger partial charge on any atom is 0.260 e. The van der Waals surface area contributed by atoms with Crippen molar-refractivity contribution in [3.8, 4) is 11.1 Å². The number of aromatic amines is 1. The first-order valence-corrected chi connectivity index (χ1v) is 8.85. The number of nitrogens with one attached hydrogen (secondary N) is 2. The van der Waals surface area contributed by atoms with Crippen LogP contribution in [0.3, 0.4) is 0 Å². The lowest BCUT2D eigenvalue weighted by Gasteiger charge is -2.09. The van der Waals surface area contributed by atoms with Crippen LogP contribution in [-0.2, 0) is 6.54 Å². The summed E-state index contributed by atoms with van der Waals surface area (Å²) < 4.78 is 0. The van der Waals surface area contributed by atoms with Gasteiger partial charge in [-0.25, -0.2) is 4.98 Å². The quantitative estimate of drug-likeness (QED) is 0.676. The fraction of sp³-hybridized carbons (Fsp3) is 0.333. The van der Waals surface area contributed by atoms with Crippen molar-refractivity contribution < 1.29 is 0 Å². The number of fused-ring (bicyclic) bond motifs is 1. The predicted octanol–water partition coefficient (Wildman–Crippen LogP) is 2.61. The average molecular weight is 342 g/mol. The topological polar surface area (TPSA) is 61.0 Å². The maximum atomic E-state index is 12.5. The van der Waals surface area contributed by atoms with E-state index in [2.05, 4.69) is 39.2 Å². The van der Waals surface area contributed by atoms with Gasteiger partial charge >= 0.3 is 0 Å². The molecule has 0 unspecified atom stereocenters. The van der Waals surface area contributed by atoms with Gasteiger partial charge in [0.15, 0.2) is 0 Å². The third kappa shape index (κ3) is 3.72. The molecule has 0 atom stereocenters. The van der Waals surface area contributed by atoms with Gasteiger partial charge in [0.05, 0.1) is 11.9 Å². The molecule has 3 aromatic rings. The second kappa shape index (κ2) is 7.25. The summed E-state index contributed by atoms with van der Waals surface area (Å²) in [6.07, 6.45) is 0. The van der Waals surface area contributed by atoms with Crippen LogP contribution in [0.4, 0.5) is 0 Å². The van der Waals surface area contributed by atoms with E-state index in [0.29, 0.717) is 17.8 Å². The molecule has 2 N–H and O–H groups in total. The van der Waals surface area contributed by atoms with Crippen LogP contribution in [0.2, 0.25) is 0 Å². The Morgan fingerprint density at radius 2 is 2.00 bits per heavy atom. The number of H-pyrrole nitrogens is 1. The molecule has 2 heterocycles. The molecule has 2 aromatic heterocycles. The third-order valence-corrected chi connectivity index (χ3v) is 4.76. The number of thiophene rings is 1. The molecule has 0 amide bonds. The largest absolute Gasteiger partial charge is 0.309 e. The summed E-state index contributed by atoms with van der Waals surface area (Å²) in [7, 11) is 4.07. The number of hydrogen-bond acceptors (Lipinski definition) is 5. The summed E-state index contributed by atoms with van der Waals surface area (Å²) in [5, 5.41) is 6.00. The Labute approximate surface area is 145 Å². The molecule has 0 bridgehead atoms. The summed E-state index contributed by atoms with van der Waals surface area (Å²) in [6, 6.07) is 8.22.